The van der Waals surface area contributed by atoms with Crippen molar-refractivity contribution < 1.29 is 9.53 Å². The van der Waals surface area contributed by atoms with Crippen molar-refractivity contribution in [3.8, 4) is 5.75 Å². The molecule has 0 saturated heterocycles. The predicted octanol–water partition coefficient (Wildman–Crippen LogP) is 3.77. The van der Waals surface area contributed by atoms with E-state index in [4.69, 9.17) is 16.3 Å². The Labute approximate surface area is 153 Å². The topological polar surface area (TPSA) is 55.6 Å². The van der Waals surface area contributed by atoms with E-state index in [1.165, 1.54) is 0 Å². The third kappa shape index (κ3) is 2.92. The maximum atomic E-state index is 12.3. The largest absolute Gasteiger partial charge is 0.489 e. The highest BCUT2D eigenvalue weighted by Crippen LogP contribution is 2.39. The molecule has 4 rings (SSSR count). The number of carbonyl (C=O) groups excluding carboxylic acids is 1. The molecule has 1 N–H and O–H groups in total. The van der Waals surface area contributed by atoms with Crippen LogP contribution < -0.4 is 10.1 Å². The molecule has 1 aliphatic heterocycles. The van der Waals surface area contributed by atoms with Gasteiger partial charge in [0.15, 0.2) is 4.96 Å². The van der Waals surface area contributed by atoms with Gasteiger partial charge in [0.2, 0.25) is 5.91 Å². The standard InChI is InChI=1S/C18H16ClN3O2S/c1-2-6-24-15-4-3-11(19)8-12(15)13-9-16(23)20-10-14-17(13)22-5-7-25-18(22)21-14/h2-5,7-8,13H,1,6,9-10H2,(H,20,23)/t13-/m0/s1. The molecule has 0 saturated carbocycles. The number of hydrogen-bond acceptors (Lipinski definition) is 4. The first-order valence-electron chi connectivity index (χ1n) is 7.91. The van der Waals surface area contributed by atoms with E-state index in [1.807, 2.05) is 23.7 Å². The van der Waals surface area contributed by atoms with Crippen molar-refractivity contribution in [2.75, 3.05) is 6.61 Å². The molecule has 0 radical (unpaired) electrons. The number of benzene rings is 1. The zero-order valence-electron chi connectivity index (χ0n) is 13.4. The van der Waals surface area contributed by atoms with Gasteiger partial charge in [0.1, 0.15) is 12.4 Å². The number of carbonyl (C=O) groups is 1. The molecule has 0 unspecified atom stereocenters. The van der Waals surface area contributed by atoms with E-state index in [0.29, 0.717) is 30.3 Å². The van der Waals surface area contributed by atoms with Crippen LogP contribution in [0.3, 0.4) is 0 Å². The van der Waals surface area contributed by atoms with Crippen LogP contribution in [0.2, 0.25) is 5.02 Å². The van der Waals surface area contributed by atoms with E-state index < -0.39 is 0 Å². The van der Waals surface area contributed by atoms with Crippen molar-refractivity contribution in [2.45, 2.75) is 18.9 Å². The highest BCUT2D eigenvalue weighted by Gasteiger charge is 2.31. The van der Waals surface area contributed by atoms with Crippen LogP contribution in [0.15, 0.2) is 42.4 Å². The van der Waals surface area contributed by atoms with Crippen LogP contribution in [0, 0.1) is 0 Å². The van der Waals surface area contributed by atoms with Crippen LogP contribution in [-0.4, -0.2) is 21.9 Å². The highest BCUT2D eigenvalue weighted by molar-refractivity contribution is 7.15. The summed E-state index contributed by atoms with van der Waals surface area (Å²) in [5.74, 6) is 0.516. The second-order valence-corrected chi connectivity index (χ2v) is 7.12. The van der Waals surface area contributed by atoms with Gasteiger partial charge in [-0.2, -0.15) is 0 Å². The van der Waals surface area contributed by atoms with Gasteiger partial charge in [0, 0.05) is 34.5 Å². The van der Waals surface area contributed by atoms with Crippen LogP contribution in [0.4, 0.5) is 0 Å². The molecule has 2 aromatic heterocycles. The summed E-state index contributed by atoms with van der Waals surface area (Å²) in [5, 5.41) is 5.53. The van der Waals surface area contributed by atoms with Crippen molar-refractivity contribution in [1.29, 1.82) is 0 Å². The molecule has 1 atom stereocenters. The number of ether oxygens (including phenoxy) is 1. The smallest absolute Gasteiger partial charge is 0.221 e. The van der Waals surface area contributed by atoms with Crippen LogP contribution in [0.25, 0.3) is 4.96 Å². The van der Waals surface area contributed by atoms with E-state index >= 15 is 0 Å². The Morgan fingerprint density at radius 3 is 3.24 bits per heavy atom. The average molecular weight is 374 g/mol. The second-order valence-electron chi connectivity index (χ2n) is 5.81. The zero-order chi connectivity index (χ0) is 17.4. The van der Waals surface area contributed by atoms with Gasteiger partial charge in [-0.1, -0.05) is 24.3 Å². The summed E-state index contributed by atoms with van der Waals surface area (Å²) >= 11 is 7.82. The Morgan fingerprint density at radius 2 is 2.40 bits per heavy atom. The summed E-state index contributed by atoms with van der Waals surface area (Å²) in [6, 6.07) is 5.51. The van der Waals surface area contributed by atoms with Gasteiger partial charge in [0.25, 0.3) is 0 Å². The van der Waals surface area contributed by atoms with Gasteiger partial charge in [0.05, 0.1) is 17.9 Å². The first-order chi connectivity index (χ1) is 12.2. The molecule has 0 fully saturated rings. The number of nitrogens with one attached hydrogen (secondary N) is 1. The first-order valence-corrected chi connectivity index (χ1v) is 9.17. The van der Waals surface area contributed by atoms with Crippen molar-refractivity contribution in [3.05, 3.63) is 64.4 Å². The number of hydrogen-bond donors (Lipinski definition) is 1. The third-order valence-corrected chi connectivity index (χ3v) is 5.24. The molecular weight excluding hydrogens is 358 g/mol. The third-order valence-electron chi connectivity index (χ3n) is 4.25. The van der Waals surface area contributed by atoms with E-state index in [-0.39, 0.29) is 11.8 Å². The van der Waals surface area contributed by atoms with E-state index in [1.54, 1.807) is 23.5 Å². The summed E-state index contributed by atoms with van der Waals surface area (Å²) in [6.07, 6.45) is 4.00. The lowest BCUT2D eigenvalue weighted by Crippen LogP contribution is -2.21. The molecule has 1 aliphatic rings. The van der Waals surface area contributed by atoms with Gasteiger partial charge in [-0.25, -0.2) is 4.98 Å². The minimum absolute atomic E-state index is 0.0124. The van der Waals surface area contributed by atoms with Crippen LogP contribution in [0.1, 0.15) is 29.3 Å². The molecule has 0 aliphatic carbocycles. The van der Waals surface area contributed by atoms with Gasteiger partial charge < -0.3 is 10.1 Å². The maximum absolute atomic E-state index is 12.3. The number of halogens is 1. The Hall–Kier alpha value is -2.31. The van der Waals surface area contributed by atoms with E-state index in [9.17, 15) is 4.79 Å². The molecule has 0 spiro atoms. The highest BCUT2D eigenvalue weighted by atomic mass is 35.5. The molecule has 1 aromatic carbocycles. The lowest BCUT2D eigenvalue weighted by atomic mass is 9.91. The summed E-state index contributed by atoms with van der Waals surface area (Å²) < 4.78 is 7.88. The lowest BCUT2D eigenvalue weighted by molar-refractivity contribution is -0.121. The van der Waals surface area contributed by atoms with Crippen LogP contribution in [0.5, 0.6) is 5.75 Å². The summed E-state index contributed by atoms with van der Waals surface area (Å²) in [5.41, 5.74) is 2.79. The number of amides is 1. The first kappa shape index (κ1) is 16.2. The van der Waals surface area contributed by atoms with E-state index in [2.05, 4.69) is 21.3 Å². The Bertz CT molecular complexity index is 963. The molecule has 7 heteroatoms. The maximum Gasteiger partial charge on any atom is 0.221 e. The SMILES string of the molecule is C=CCOc1ccc(Cl)cc1[C@@H]1CC(=O)NCc2nc3sccn3c21. The molecule has 0 bridgehead atoms. The molecular formula is C18H16ClN3O2S. The molecule has 3 heterocycles. The molecule has 3 aromatic rings. The number of imidazole rings is 1. The normalized spacial score (nSPS) is 17.0. The molecule has 1 amide bonds. The second kappa shape index (κ2) is 6.54. The summed E-state index contributed by atoms with van der Waals surface area (Å²) in [4.78, 5) is 17.9. The fourth-order valence-corrected chi connectivity index (χ4v) is 4.13. The number of fused-ring (bicyclic) bond motifs is 3. The van der Waals surface area contributed by atoms with E-state index in [0.717, 1.165) is 21.9 Å². The van der Waals surface area contributed by atoms with Crippen molar-refractivity contribution in [1.82, 2.24) is 14.7 Å². The summed E-state index contributed by atoms with van der Waals surface area (Å²) in [6.45, 7) is 4.52. The van der Waals surface area contributed by atoms with Crippen LogP contribution >= 0.6 is 22.9 Å². The minimum Gasteiger partial charge on any atom is -0.489 e. The van der Waals surface area contributed by atoms with Crippen molar-refractivity contribution in [2.24, 2.45) is 0 Å². The van der Waals surface area contributed by atoms with Gasteiger partial charge in [-0.3, -0.25) is 9.20 Å². The molecule has 128 valence electrons. The number of aromatic nitrogens is 2. The fraction of sp³-hybridized carbons (Fsp3) is 0.222. The Kier molecular flexibility index (Phi) is 4.23. The average Bonchev–Trinajstić information content (AvgIpc) is 3.13. The zero-order valence-corrected chi connectivity index (χ0v) is 14.9. The monoisotopic (exact) mass is 373 g/mol. The minimum atomic E-state index is -0.180. The van der Waals surface area contributed by atoms with Gasteiger partial charge in [-0.15, -0.1) is 11.3 Å². The molecule has 25 heavy (non-hydrogen) atoms. The molecule has 5 nitrogen and oxygen atoms in total. The van der Waals surface area contributed by atoms with Crippen LogP contribution in [-0.2, 0) is 11.3 Å². The van der Waals surface area contributed by atoms with Crippen molar-refractivity contribution >= 4 is 33.8 Å². The van der Waals surface area contributed by atoms with Crippen molar-refractivity contribution in [3.63, 3.8) is 0 Å². The lowest BCUT2D eigenvalue weighted by Gasteiger charge is -2.19. The predicted molar refractivity (Wildman–Crippen MR) is 98.5 cm³/mol. The Morgan fingerprint density at radius 1 is 1.52 bits per heavy atom. The number of thiazole rings is 1. The summed E-state index contributed by atoms with van der Waals surface area (Å²) in [7, 11) is 0. The fourth-order valence-electron chi connectivity index (χ4n) is 3.21. The number of rotatable bonds is 4. The van der Waals surface area contributed by atoms with Gasteiger partial charge >= 0.3 is 0 Å². The Balaban J connectivity index is 1.90. The number of nitrogens with zero attached hydrogens (tertiary/aromatic N) is 2. The van der Waals surface area contributed by atoms with Gasteiger partial charge in [-0.05, 0) is 18.2 Å². The quantitative estimate of drug-likeness (QED) is 0.708.